The topological polar surface area (TPSA) is 67.4 Å². The molecule has 0 N–H and O–H groups in total. The largest absolute Gasteiger partial charge is 0.417 e. The van der Waals surface area contributed by atoms with Gasteiger partial charge in [-0.25, -0.2) is 14.6 Å². The maximum absolute atomic E-state index is 13.7. The Morgan fingerprint density at radius 2 is 1.50 bits per heavy atom. The first kappa shape index (κ1) is 23.2. The Morgan fingerprint density at radius 1 is 0.912 bits per heavy atom. The van der Waals surface area contributed by atoms with Gasteiger partial charge in [0.2, 0.25) is 0 Å². The Hall–Kier alpha value is -3.98. The Balaban J connectivity index is 2.00. The minimum absolute atomic E-state index is 0.0544. The highest BCUT2D eigenvalue weighted by Crippen LogP contribution is 2.39. The molecule has 12 heteroatoms. The van der Waals surface area contributed by atoms with E-state index < -0.39 is 40.4 Å². The Bertz CT molecular complexity index is 1390. The van der Waals surface area contributed by atoms with Crippen molar-refractivity contribution in [1.82, 2.24) is 19.7 Å². The fraction of sp³-hybridized carbons (Fsp3) is 0.0909. The number of halogens is 6. The first-order valence-corrected chi connectivity index (χ1v) is 10.3. The van der Waals surface area contributed by atoms with E-state index in [0.717, 1.165) is 46.5 Å². The summed E-state index contributed by atoms with van der Waals surface area (Å²) in [5.41, 5.74) is -2.99. The van der Waals surface area contributed by atoms with Crippen molar-refractivity contribution < 1.29 is 26.3 Å². The lowest BCUT2D eigenvalue weighted by atomic mass is 10.1. The zero-order chi connectivity index (χ0) is 24.5. The van der Waals surface area contributed by atoms with E-state index in [4.69, 9.17) is 0 Å². The summed E-state index contributed by atoms with van der Waals surface area (Å²) in [6.45, 7) is 0. The normalized spacial score (nSPS) is 12.6. The summed E-state index contributed by atoms with van der Waals surface area (Å²) >= 11 is 1.10. The lowest BCUT2D eigenvalue weighted by Gasteiger charge is -2.12. The minimum Gasteiger partial charge on any atom is -0.244 e. The minimum atomic E-state index is -4.77. The van der Waals surface area contributed by atoms with Crippen LogP contribution < -0.4 is 0 Å². The van der Waals surface area contributed by atoms with Gasteiger partial charge < -0.3 is 0 Å². The first-order chi connectivity index (χ1) is 16.1. The van der Waals surface area contributed by atoms with Crippen molar-refractivity contribution in [1.29, 1.82) is 5.26 Å². The number of benzene rings is 2. The molecule has 4 rings (SSSR count). The number of nitriles is 1. The third-order valence-corrected chi connectivity index (χ3v) is 5.42. The van der Waals surface area contributed by atoms with E-state index in [-0.39, 0.29) is 16.4 Å². The zero-order valence-corrected chi connectivity index (χ0v) is 17.6. The fourth-order valence-electron chi connectivity index (χ4n) is 3.17. The van der Waals surface area contributed by atoms with E-state index in [1.165, 1.54) is 30.5 Å². The molecular formula is C22H11F6N5S. The molecular weight excluding hydrogens is 480 g/mol. The maximum atomic E-state index is 13.7. The van der Waals surface area contributed by atoms with Crippen molar-refractivity contribution in [3.8, 4) is 28.8 Å². The van der Waals surface area contributed by atoms with Crippen LogP contribution in [0.1, 0.15) is 16.1 Å². The fourth-order valence-corrected chi connectivity index (χ4v) is 3.77. The van der Waals surface area contributed by atoms with Crippen molar-refractivity contribution in [2.45, 2.75) is 12.4 Å². The van der Waals surface area contributed by atoms with Crippen LogP contribution in [0.25, 0.3) is 34.5 Å². The van der Waals surface area contributed by atoms with Gasteiger partial charge in [0.25, 0.3) is 0 Å². The molecule has 2 aromatic heterocycles. The van der Waals surface area contributed by atoms with E-state index in [0.29, 0.717) is 0 Å². The second-order valence-electron chi connectivity index (χ2n) is 6.78. The number of aromatic nitrogens is 4. The van der Waals surface area contributed by atoms with E-state index in [9.17, 15) is 31.6 Å². The van der Waals surface area contributed by atoms with Crippen molar-refractivity contribution in [2.24, 2.45) is 0 Å². The van der Waals surface area contributed by atoms with E-state index in [1.807, 2.05) is 6.07 Å². The highest BCUT2D eigenvalue weighted by Gasteiger charge is 2.36. The summed E-state index contributed by atoms with van der Waals surface area (Å²) in [6.07, 6.45) is -7.00. The second-order valence-corrected chi connectivity index (χ2v) is 7.68. The van der Waals surface area contributed by atoms with Gasteiger partial charge in [0.1, 0.15) is 16.6 Å². The number of allylic oxidation sites excluding steroid dienone is 1. The molecule has 0 aliphatic heterocycles. The number of rotatable bonds is 4. The number of alkyl halides is 6. The molecule has 172 valence electrons. The smallest absolute Gasteiger partial charge is 0.244 e. The molecule has 0 spiro atoms. The van der Waals surface area contributed by atoms with Gasteiger partial charge in [-0.05, 0) is 12.1 Å². The van der Waals surface area contributed by atoms with Gasteiger partial charge in [-0.15, -0.1) is 16.4 Å². The Kier molecular flexibility index (Phi) is 5.97. The highest BCUT2D eigenvalue weighted by molar-refractivity contribution is 7.10. The van der Waals surface area contributed by atoms with Gasteiger partial charge in [-0.2, -0.15) is 31.6 Å². The van der Waals surface area contributed by atoms with Gasteiger partial charge in [-0.3, -0.25) is 0 Å². The van der Waals surface area contributed by atoms with Gasteiger partial charge >= 0.3 is 12.4 Å². The average Bonchev–Trinajstić information content (AvgIpc) is 3.46. The summed E-state index contributed by atoms with van der Waals surface area (Å²) in [6, 6.07) is 10.8. The Labute approximate surface area is 192 Å². The molecule has 0 saturated carbocycles. The molecule has 4 aromatic rings. The van der Waals surface area contributed by atoms with Crippen LogP contribution in [0.4, 0.5) is 26.3 Å². The predicted molar refractivity (Wildman–Crippen MR) is 113 cm³/mol. The van der Waals surface area contributed by atoms with Crippen molar-refractivity contribution in [3.63, 3.8) is 0 Å². The van der Waals surface area contributed by atoms with Crippen molar-refractivity contribution in [3.05, 3.63) is 76.2 Å². The molecule has 0 fully saturated rings. The quantitative estimate of drug-likeness (QED) is 0.238. The molecule has 2 heterocycles. The van der Waals surface area contributed by atoms with Gasteiger partial charge in [0, 0.05) is 22.7 Å². The molecule has 0 atom stereocenters. The third kappa shape index (κ3) is 4.55. The Morgan fingerprint density at radius 3 is 2.06 bits per heavy atom. The molecule has 0 unspecified atom stereocenters. The molecule has 2 aromatic carbocycles. The predicted octanol–water partition coefficient (Wildman–Crippen LogP) is 6.63. The lowest BCUT2D eigenvalue weighted by molar-refractivity contribution is -0.137. The summed E-state index contributed by atoms with van der Waals surface area (Å²) in [5.74, 6) is -0.836. The maximum Gasteiger partial charge on any atom is 0.417 e. The summed E-state index contributed by atoms with van der Waals surface area (Å²) in [7, 11) is 0. The molecule has 0 radical (unpaired) electrons. The molecule has 0 bridgehead atoms. The zero-order valence-electron chi connectivity index (χ0n) is 16.8. The number of nitrogens with zero attached hydrogens (tertiary/aromatic N) is 5. The molecule has 0 aliphatic carbocycles. The molecule has 0 saturated heterocycles. The van der Waals surface area contributed by atoms with Crippen LogP contribution >= 0.6 is 11.3 Å². The third-order valence-electron chi connectivity index (χ3n) is 4.61. The second kappa shape index (κ2) is 8.75. The van der Waals surface area contributed by atoms with Gasteiger partial charge in [0.15, 0.2) is 11.6 Å². The molecule has 0 aliphatic rings. The van der Waals surface area contributed by atoms with Crippen LogP contribution in [0.3, 0.4) is 0 Å². The summed E-state index contributed by atoms with van der Waals surface area (Å²) < 4.78 is 82.6. The molecule has 0 amide bonds. The van der Waals surface area contributed by atoms with Gasteiger partial charge in [-0.1, -0.05) is 36.4 Å². The first-order valence-electron chi connectivity index (χ1n) is 9.41. The van der Waals surface area contributed by atoms with Crippen LogP contribution in [-0.4, -0.2) is 19.7 Å². The van der Waals surface area contributed by atoms with Crippen LogP contribution in [0.5, 0.6) is 0 Å². The van der Waals surface area contributed by atoms with Crippen molar-refractivity contribution >= 4 is 23.1 Å². The lowest BCUT2D eigenvalue weighted by Crippen LogP contribution is -2.08. The van der Waals surface area contributed by atoms with Crippen LogP contribution in [0, 0.1) is 11.3 Å². The number of hydrogen-bond acceptors (Lipinski definition) is 5. The summed E-state index contributed by atoms with van der Waals surface area (Å²) in [4.78, 5) is 8.04. The summed E-state index contributed by atoms with van der Waals surface area (Å²) in [5, 5.41) is 15.4. The van der Waals surface area contributed by atoms with E-state index >= 15 is 0 Å². The van der Waals surface area contributed by atoms with Crippen LogP contribution in [0.15, 0.2) is 60.1 Å². The number of thiazole rings is 1. The standard InChI is InChI=1S/C22H11F6N5S/c23-21(24,25)16-7-3-1-5-14(16)18-31-19(15-6-2-4-8-17(15)22(26,27)28)33(32-18)12-13(11-29)20-30-9-10-34-20/h1-10,12H/b13-12-. The molecule has 34 heavy (non-hydrogen) atoms. The van der Waals surface area contributed by atoms with E-state index in [2.05, 4.69) is 15.1 Å². The SMILES string of the molecule is N#C/C(=C/n1nc(-c2ccccc2C(F)(F)F)nc1-c1ccccc1C(F)(F)F)c1nccs1. The van der Waals surface area contributed by atoms with E-state index in [1.54, 1.807) is 5.38 Å². The monoisotopic (exact) mass is 491 g/mol. The molecule has 5 nitrogen and oxygen atoms in total. The highest BCUT2D eigenvalue weighted by atomic mass is 32.1. The van der Waals surface area contributed by atoms with Crippen LogP contribution in [0.2, 0.25) is 0 Å². The van der Waals surface area contributed by atoms with Crippen LogP contribution in [-0.2, 0) is 12.4 Å². The average molecular weight is 491 g/mol. The number of hydrogen-bond donors (Lipinski definition) is 0. The van der Waals surface area contributed by atoms with Crippen molar-refractivity contribution in [2.75, 3.05) is 0 Å². The van der Waals surface area contributed by atoms with Gasteiger partial charge in [0.05, 0.1) is 17.3 Å².